The van der Waals surface area contributed by atoms with Gasteiger partial charge in [0.15, 0.2) is 0 Å². The number of ether oxygens (including phenoxy) is 1. The molecule has 22 heavy (non-hydrogen) atoms. The highest BCUT2D eigenvalue weighted by molar-refractivity contribution is 5.78. The molecule has 6 heteroatoms. The molecule has 3 atom stereocenters. The van der Waals surface area contributed by atoms with Crippen molar-refractivity contribution in [2.45, 2.75) is 32.2 Å². The lowest BCUT2D eigenvalue weighted by Crippen LogP contribution is -2.55. The minimum absolute atomic E-state index is 0.0183. The highest BCUT2D eigenvalue weighted by Crippen LogP contribution is 2.45. The smallest absolute Gasteiger partial charge is 0.407 e. The van der Waals surface area contributed by atoms with Gasteiger partial charge in [-0.2, -0.15) is 0 Å². The summed E-state index contributed by atoms with van der Waals surface area (Å²) in [6.45, 7) is 3.41. The van der Waals surface area contributed by atoms with Crippen molar-refractivity contribution in [3.8, 4) is 5.75 Å². The van der Waals surface area contributed by atoms with Crippen LogP contribution in [0, 0.1) is 5.41 Å². The van der Waals surface area contributed by atoms with Crippen molar-refractivity contribution in [3.05, 3.63) is 29.8 Å². The first-order valence-corrected chi connectivity index (χ1v) is 7.16. The molecular weight excluding hydrogens is 286 g/mol. The standard InChI is InChI=1S/C16H21NO5/c1-10-8-13(11-4-6-12(22-3)7-5-11)16(2,14(18)19)9-17(10)15(20)21/h4-7,10,13H,8-9H2,1-3H3,(H,18,19)(H,20,21)/t10-,13+,16?/m0/s1. The Bertz CT molecular complexity index is 570. The van der Waals surface area contributed by atoms with Gasteiger partial charge >= 0.3 is 12.1 Å². The van der Waals surface area contributed by atoms with E-state index in [-0.39, 0.29) is 18.5 Å². The highest BCUT2D eigenvalue weighted by Gasteiger charge is 2.49. The Labute approximate surface area is 129 Å². The Morgan fingerprint density at radius 1 is 1.27 bits per heavy atom. The van der Waals surface area contributed by atoms with Crippen LogP contribution in [-0.2, 0) is 4.79 Å². The average molecular weight is 307 g/mol. The van der Waals surface area contributed by atoms with E-state index in [1.165, 1.54) is 4.90 Å². The molecule has 6 nitrogen and oxygen atoms in total. The zero-order chi connectivity index (χ0) is 16.5. The lowest BCUT2D eigenvalue weighted by atomic mass is 9.67. The highest BCUT2D eigenvalue weighted by atomic mass is 16.5. The van der Waals surface area contributed by atoms with Crippen molar-refractivity contribution in [2.24, 2.45) is 5.41 Å². The first-order valence-electron chi connectivity index (χ1n) is 7.16. The summed E-state index contributed by atoms with van der Waals surface area (Å²) >= 11 is 0. The van der Waals surface area contributed by atoms with Gasteiger partial charge in [-0.1, -0.05) is 12.1 Å². The maximum atomic E-state index is 11.8. The fourth-order valence-electron chi connectivity index (χ4n) is 3.16. The number of carbonyl (C=O) groups is 2. The number of amides is 1. The van der Waals surface area contributed by atoms with Crippen LogP contribution >= 0.6 is 0 Å². The van der Waals surface area contributed by atoms with Gasteiger partial charge in [0.05, 0.1) is 12.5 Å². The van der Waals surface area contributed by atoms with Gasteiger partial charge in [-0.3, -0.25) is 4.79 Å². The van der Waals surface area contributed by atoms with Crippen LogP contribution in [0.4, 0.5) is 4.79 Å². The molecule has 2 N–H and O–H groups in total. The van der Waals surface area contributed by atoms with E-state index in [1.54, 1.807) is 26.2 Å². The monoisotopic (exact) mass is 307 g/mol. The summed E-state index contributed by atoms with van der Waals surface area (Å²) in [5, 5.41) is 18.9. The molecule has 0 bridgehead atoms. The molecule has 1 unspecified atom stereocenters. The first kappa shape index (κ1) is 16.1. The number of hydrogen-bond acceptors (Lipinski definition) is 3. The van der Waals surface area contributed by atoms with Crippen LogP contribution in [0.25, 0.3) is 0 Å². The minimum Gasteiger partial charge on any atom is -0.497 e. The Hall–Kier alpha value is -2.24. The molecule has 0 aliphatic carbocycles. The molecule has 1 saturated heterocycles. The summed E-state index contributed by atoms with van der Waals surface area (Å²) in [5.74, 6) is -0.523. The topological polar surface area (TPSA) is 87.1 Å². The van der Waals surface area contributed by atoms with Crippen LogP contribution < -0.4 is 4.74 Å². The van der Waals surface area contributed by atoms with Gasteiger partial charge in [0.2, 0.25) is 0 Å². The van der Waals surface area contributed by atoms with Gasteiger partial charge in [0.25, 0.3) is 0 Å². The Morgan fingerprint density at radius 3 is 2.32 bits per heavy atom. The van der Waals surface area contributed by atoms with Crippen LogP contribution in [0.2, 0.25) is 0 Å². The van der Waals surface area contributed by atoms with Gasteiger partial charge in [-0.05, 0) is 38.0 Å². The predicted molar refractivity (Wildman–Crippen MR) is 80.3 cm³/mol. The van der Waals surface area contributed by atoms with Gasteiger partial charge in [0.1, 0.15) is 5.75 Å². The quantitative estimate of drug-likeness (QED) is 0.896. The lowest BCUT2D eigenvalue weighted by molar-refractivity contribution is -0.153. The number of carboxylic acids is 1. The zero-order valence-corrected chi connectivity index (χ0v) is 12.9. The van der Waals surface area contributed by atoms with Crippen molar-refractivity contribution in [3.63, 3.8) is 0 Å². The number of piperidine rings is 1. The molecule has 1 fully saturated rings. The second-order valence-corrected chi connectivity index (χ2v) is 6.04. The Kier molecular flexibility index (Phi) is 4.30. The van der Waals surface area contributed by atoms with E-state index >= 15 is 0 Å². The summed E-state index contributed by atoms with van der Waals surface area (Å²) in [6, 6.07) is 7.08. The number of rotatable bonds is 3. The van der Waals surface area contributed by atoms with Crippen molar-refractivity contribution in [2.75, 3.05) is 13.7 Å². The van der Waals surface area contributed by atoms with E-state index < -0.39 is 17.5 Å². The molecular formula is C16H21NO5. The summed E-state index contributed by atoms with van der Waals surface area (Å²) in [5.41, 5.74) is -0.262. The maximum Gasteiger partial charge on any atom is 0.407 e. The Morgan fingerprint density at radius 2 is 1.86 bits per heavy atom. The maximum absolute atomic E-state index is 11.8. The fourth-order valence-corrected chi connectivity index (χ4v) is 3.16. The third kappa shape index (κ3) is 2.73. The molecule has 0 radical (unpaired) electrons. The third-order valence-corrected chi connectivity index (χ3v) is 4.63. The number of likely N-dealkylation sites (tertiary alicyclic amines) is 1. The molecule has 1 aliphatic heterocycles. The van der Waals surface area contributed by atoms with Crippen LogP contribution in [-0.4, -0.2) is 46.9 Å². The third-order valence-electron chi connectivity index (χ3n) is 4.63. The summed E-state index contributed by atoms with van der Waals surface area (Å²) in [7, 11) is 1.57. The van der Waals surface area contributed by atoms with Gasteiger partial charge in [0, 0.05) is 18.5 Å². The molecule has 0 aromatic heterocycles. The molecule has 1 aliphatic rings. The van der Waals surface area contributed by atoms with E-state index in [9.17, 15) is 19.8 Å². The molecule has 1 amide bonds. The molecule has 120 valence electrons. The van der Waals surface area contributed by atoms with Gasteiger partial charge < -0.3 is 19.8 Å². The normalized spacial score (nSPS) is 28.2. The second kappa shape index (κ2) is 5.87. The van der Waals surface area contributed by atoms with Crippen molar-refractivity contribution in [1.29, 1.82) is 0 Å². The van der Waals surface area contributed by atoms with Crippen LogP contribution in [0.5, 0.6) is 5.75 Å². The summed E-state index contributed by atoms with van der Waals surface area (Å²) in [4.78, 5) is 24.3. The number of methoxy groups -OCH3 is 1. The Balaban J connectivity index is 2.39. The summed E-state index contributed by atoms with van der Waals surface area (Å²) < 4.78 is 5.12. The minimum atomic E-state index is -1.15. The molecule has 1 heterocycles. The van der Waals surface area contributed by atoms with E-state index in [0.717, 1.165) is 5.56 Å². The van der Waals surface area contributed by atoms with Crippen LogP contribution in [0.3, 0.4) is 0 Å². The van der Waals surface area contributed by atoms with Crippen molar-refractivity contribution >= 4 is 12.1 Å². The number of nitrogens with zero attached hydrogens (tertiary/aromatic N) is 1. The number of hydrogen-bond donors (Lipinski definition) is 2. The van der Waals surface area contributed by atoms with Crippen molar-refractivity contribution in [1.82, 2.24) is 4.90 Å². The van der Waals surface area contributed by atoms with Crippen LogP contribution in [0.15, 0.2) is 24.3 Å². The van der Waals surface area contributed by atoms with Gasteiger partial charge in [-0.25, -0.2) is 4.79 Å². The molecule has 0 saturated carbocycles. The van der Waals surface area contributed by atoms with E-state index in [4.69, 9.17) is 4.74 Å². The SMILES string of the molecule is COc1ccc([C@H]2C[C@H](C)N(C(=O)O)CC2(C)C(=O)O)cc1. The lowest BCUT2D eigenvalue weighted by Gasteiger charge is -2.46. The van der Waals surface area contributed by atoms with Crippen molar-refractivity contribution < 1.29 is 24.5 Å². The molecule has 1 aromatic carbocycles. The molecule has 2 rings (SSSR count). The average Bonchev–Trinajstić information content (AvgIpc) is 2.49. The number of aliphatic carboxylic acids is 1. The molecule has 1 aromatic rings. The van der Waals surface area contributed by atoms with Crippen LogP contribution in [0.1, 0.15) is 31.7 Å². The summed E-state index contributed by atoms with van der Waals surface area (Å²) in [6.07, 6.45) is -0.602. The van der Waals surface area contributed by atoms with E-state index in [0.29, 0.717) is 12.2 Å². The first-order chi connectivity index (χ1) is 10.3. The molecule has 0 spiro atoms. The fraction of sp³-hybridized carbons (Fsp3) is 0.500. The second-order valence-electron chi connectivity index (χ2n) is 6.04. The number of benzene rings is 1. The number of carboxylic acid groups (broad SMARTS) is 2. The largest absolute Gasteiger partial charge is 0.497 e. The predicted octanol–water partition coefficient (Wildman–Crippen LogP) is 2.64. The van der Waals surface area contributed by atoms with Gasteiger partial charge in [-0.15, -0.1) is 0 Å². The van der Waals surface area contributed by atoms with E-state index in [2.05, 4.69) is 0 Å². The zero-order valence-electron chi connectivity index (χ0n) is 12.9. The van der Waals surface area contributed by atoms with E-state index in [1.807, 2.05) is 19.1 Å².